The van der Waals surface area contributed by atoms with E-state index in [0.29, 0.717) is 82.3 Å². The Morgan fingerprint density at radius 2 is 0.552 bits per heavy atom. The molecule has 0 radical (unpaired) electrons. The molecule has 116 heavy (non-hydrogen) atoms. The third-order valence-corrected chi connectivity index (χ3v) is 30.4. The molecule has 32 heteroatoms. The number of Topliss-reactive ketones (excluding diaryl/α,β-unsaturated/α-hetero) is 3. The second-order valence-electron chi connectivity index (χ2n) is 36.8. The quantitative estimate of drug-likeness (QED) is 0.0199. The van der Waals surface area contributed by atoms with Gasteiger partial charge in [0.15, 0.2) is 0 Å². The van der Waals surface area contributed by atoms with E-state index < -0.39 is 0 Å². The molecule has 0 aromatic carbocycles. The molecule has 11 N–H and O–H groups in total. The van der Waals surface area contributed by atoms with E-state index in [0.717, 1.165) is 148 Å². The van der Waals surface area contributed by atoms with Crippen molar-refractivity contribution in [3.63, 3.8) is 0 Å². The number of nitrogens with one attached hydrogen (secondary N) is 11. The van der Waals surface area contributed by atoms with Gasteiger partial charge in [0, 0.05) is 222 Å². The van der Waals surface area contributed by atoms with E-state index in [1.54, 1.807) is 75.6 Å². The average Bonchev–Trinajstić information content (AvgIpc) is 0.932. The summed E-state index contributed by atoms with van der Waals surface area (Å²) in [6.07, 6.45) is 12.6. The summed E-state index contributed by atoms with van der Waals surface area (Å²) < 4.78 is 0.242. The average molecular weight is 1860 g/mol. The molecule has 7 amide bonds. The number of amides is 7. The topological polar surface area (TPSA) is 286 Å². The summed E-state index contributed by atoms with van der Waals surface area (Å²) in [6.45, 7) is 66.6. The van der Waals surface area contributed by atoms with Crippen LogP contribution in [0.25, 0.3) is 0 Å². The molecular formula is C84H171N11O9S12. The molecule has 688 valence electrons. The largest absolute Gasteiger partial charge is 0.356 e. The number of hydrogen-bond donors (Lipinski definition) is 11. The fourth-order valence-corrected chi connectivity index (χ4v) is 19.7. The molecule has 0 aromatic rings. The second-order valence-corrected chi connectivity index (χ2v) is 53.5. The number of rotatable bonds is 59. The summed E-state index contributed by atoms with van der Waals surface area (Å²) in [4.78, 5) is 105. The predicted octanol–water partition coefficient (Wildman–Crippen LogP) is 19.5. The van der Waals surface area contributed by atoms with E-state index >= 15 is 0 Å². The lowest BCUT2D eigenvalue weighted by atomic mass is 9.88. The fourth-order valence-electron chi connectivity index (χ4n) is 8.21. The van der Waals surface area contributed by atoms with Crippen LogP contribution in [0.1, 0.15) is 290 Å². The van der Waals surface area contributed by atoms with E-state index in [1.807, 2.05) is 151 Å². The van der Waals surface area contributed by atoms with Crippen LogP contribution in [0, 0.1) is 27.6 Å². The van der Waals surface area contributed by atoms with E-state index in [-0.39, 0.29) is 90.3 Å². The van der Waals surface area contributed by atoms with E-state index in [2.05, 4.69) is 155 Å². The number of unbranched alkanes of at least 4 members (excludes halogenated alkanes) is 6. The molecule has 0 unspecified atom stereocenters. The van der Waals surface area contributed by atoms with Crippen LogP contribution >= 0.6 is 130 Å². The van der Waals surface area contributed by atoms with Gasteiger partial charge >= 0.3 is 6.03 Å². The smallest absolute Gasteiger partial charge is 0.314 e. The van der Waals surface area contributed by atoms with Gasteiger partial charge in [0.1, 0.15) is 17.3 Å². The van der Waals surface area contributed by atoms with Crippen molar-refractivity contribution in [3.05, 3.63) is 0 Å². The number of ketones is 3. The van der Waals surface area contributed by atoms with Gasteiger partial charge in [-0.05, 0) is 107 Å². The van der Waals surface area contributed by atoms with Crippen LogP contribution in [0.15, 0.2) is 0 Å². The van der Waals surface area contributed by atoms with Crippen molar-refractivity contribution in [2.45, 2.75) is 318 Å². The van der Waals surface area contributed by atoms with Crippen molar-refractivity contribution < 1.29 is 43.2 Å². The summed E-state index contributed by atoms with van der Waals surface area (Å²) in [5.41, 5.74) is -0.520. The normalized spacial score (nSPS) is 12.0. The van der Waals surface area contributed by atoms with Crippen LogP contribution in [-0.2, 0) is 38.4 Å². The van der Waals surface area contributed by atoms with Crippen molar-refractivity contribution >= 4 is 182 Å². The molecule has 0 saturated heterocycles. The third-order valence-electron chi connectivity index (χ3n) is 15.0. The first kappa shape index (κ1) is 124. The maximum atomic E-state index is 11.8. The van der Waals surface area contributed by atoms with Gasteiger partial charge in [-0.25, -0.2) is 4.79 Å². The highest BCUT2D eigenvalue weighted by Crippen LogP contribution is 2.35. The molecule has 0 aliphatic heterocycles. The van der Waals surface area contributed by atoms with Crippen LogP contribution in [0.4, 0.5) is 4.79 Å². The zero-order chi connectivity index (χ0) is 89.8. The Bertz CT molecular complexity index is 2520. The van der Waals surface area contributed by atoms with Gasteiger partial charge in [0.25, 0.3) is 0 Å². The van der Waals surface area contributed by atoms with Crippen molar-refractivity contribution in [3.8, 4) is 0 Å². The summed E-state index contributed by atoms with van der Waals surface area (Å²) in [5.74, 6) is 11.8. The Hall–Kier alpha value is -0.330. The molecule has 20 nitrogen and oxygen atoms in total. The standard InChI is InChI=1S/C20H40N2O2S2.C18H38N4O2S4.C18H36N2O2S2.C17H33NO2S2.C11H24N2OS2/c1-19(2,3)17(23)11-15-25-26-16-12-18(24)21-13-9-7-8-10-14-22-20(4,5)6;1-17(2,3)15(23)19-7-11-25-26-12-8-20-16(24)21-9-13-27-28-14-10-22-18(4,5)6;1-17(2,3)15(21)9-7-8-10-16(22)19-11-13-23-24-14-12-20-18(4,5)6;1-16(2,3)14(19)10-8-7-9-12-18-15(20)11-13-21-22-17(4,5)6;1-9(2)11(14)13-6-8-16-15-7-5-12-10(3)4/h22H,7-16H2,1-6H3,(H,21,24);22H,7-14H2,1-6H3,(H,19,23)(H2,20,21,24);20H,7-14H2,1-6H3,(H,19,22);7-13H2,1-6H3,(H,18,20);9-10,12H,5-8H2,1-4H3,(H,13,14). The molecular weight excluding hydrogens is 1690 g/mol. The molecule has 0 aliphatic carbocycles. The van der Waals surface area contributed by atoms with Gasteiger partial charge in [0.2, 0.25) is 29.5 Å². The minimum Gasteiger partial charge on any atom is -0.356 e. The van der Waals surface area contributed by atoms with E-state index in [9.17, 15) is 43.2 Å². The third kappa shape index (κ3) is 102. The number of carbonyl (C=O) groups is 9. The van der Waals surface area contributed by atoms with Crippen LogP contribution in [0.2, 0.25) is 0 Å². The minimum absolute atomic E-state index is 0.0783. The Balaban J connectivity index is -0.000000447. The van der Waals surface area contributed by atoms with Crippen LogP contribution in [-0.4, -0.2) is 216 Å². The highest BCUT2D eigenvalue weighted by atomic mass is 33.1. The first-order valence-corrected chi connectivity index (χ1v) is 56.9. The van der Waals surface area contributed by atoms with Gasteiger partial charge in [-0.15, -0.1) is 0 Å². The van der Waals surface area contributed by atoms with Gasteiger partial charge in [-0.1, -0.05) is 280 Å². The monoisotopic (exact) mass is 1860 g/mol. The summed E-state index contributed by atoms with van der Waals surface area (Å²) in [5, 5.41) is 34.2. The maximum Gasteiger partial charge on any atom is 0.314 e. The predicted molar refractivity (Wildman–Crippen MR) is 534 cm³/mol. The lowest BCUT2D eigenvalue weighted by Crippen LogP contribution is -2.37. The highest BCUT2D eigenvalue weighted by molar-refractivity contribution is 8.78. The molecule has 0 atom stereocenters. The molecule has 0 rings (SSSR count). The summed E-state index contributed by atoms with van der Waals surface area (Å²) in [6, 6.07) is 0.457. The first-order valence-electron chi connectivity index (χ1n) is 42.1. The Labute approximate surface area is 757 Å². The maximum absolute atomic E-state index is 11.8. The SMILES string of the molecule is CC(C)(C)NCCCCCCNC(=O)CCSSCCC(=O)C(C)(C)C.CC(C)(C)NCCSSCCNC(=O)CCCCC(=O)C(C)(C)C.CC(C)(C)NCCSSCCNC(=O)NCCSSCCNC(=O)C(C)(C)C.CC(C)(C)SSCCC(=O)NCCCCCC(=O)C(C)(C)C.CC(C)NCCSSCCNC(=O)C(C)C. The molecule has 0 heterocycles. The zero-order valence-electron chi connectivity index (χ0n) is 77.9. The van der Waals surface area contributed by atoms with Crippen molar-refractivity contribution in [1.82, 2.24) is 58.5 Å². The van der Waals surface area contributed by atoms with Gasteiger partial charge < -0.3 is 58.5 Å². The van der Waals surface area contributed by atoms with E-state index in [4.69, 9.17) is 0 Å². The van der Waals surface area contributed by atoms with Crippen molar-refractivity contribution in [2.75, 3.05) is 135 Å². The summed E-state index contributed by atoms with van der Waals surface area (Å²) >= 11 is 0. The van der Waals surface area contributed by atoms with Crippen LogP contribution in [0.5, 0.6) is 0 Å². The van der Waals surface area contributed by atoms with Gasteiger partial charge in [-0.2, -0.15) is 0 Å². The Kier molecular flexibility index (Phi) is 80.2. The van der Waals surface area contributed by atoms with Crippen molar-refractivity contribution in [2.24, 2.45) is 27.6 Å². The van der Waals surface area contributed by atoms with Crippen LogP contribution in [0.3, 0.4) is 0 Å². The summed E-state index contributed by atoms with van der Waals surface area (Å²) in [7, 11) is 21.3. The molecule has 0 aromatic heterocycles. The zero-order valence-corrected chi connectivity index (χ0v) is 87.7. The van der Waals surface area contributed by atoms with Gasteiger partial charge in [0.05, 0.1) is 0 Å². The van der Waals surface area contributed by atoms with Crippen molar-refractivity contribution in [1.29, 1.82) is 0 Å². The number of urea groups is 1. The molecule has 0 fully saturated rings. The molecule has 0 bridgehead atoms. The molecule has 0 saturated carbocycles. The lowest BCUT2D eigenvalue weighted by molar-refractivity contribution is -0.128. The fraction of sp³-hybridized carbons (Fsp3) is 0.893. The number of carbonyl (C=O) groups excluding carboxylic acids is 9. The van der Waals surface area contributed by atoms with Crippen LogP contribution < -0.4 is 58.5 Å². The lowest BCUT2D eigenvalue weighted by Gasteiger charge is -2.20. The molecule has 0 spiro atoms. The minimum atomic E-state index is -0.338. The first-order chi connectivity index (χ1) is 53.6. The van der Waals surface area contributed by atoms with E-state index in [1.165, 1.54) is 19.3 Å². The second kappa shape index (κ2) is 74.9. The highest BCUT2D eigenvalue weighted by Gasteiger charge is 2.24. The Morgan fingerprint density at radius 1 is 0.259 bits per heavy atom. The van der Waals surface area contributed by atoms with Gasteiger partial charge in [-0.3, -0.25) is 38.4 Å². The number of hydrogen-bond acceptors (Lipinski definition) is 25. The Morgan fingerprint density at radius 3 is 0.931 bits per heavy atom. The molecule has 0 aliphatic rings.